The highest BCUT2D eigenvalue weighted by atomic mass is 79.9. The van der Waals surface area contributed by atoms with E-state index in [-0.39, 0.29) is 5.91 Å². The largest absolute Gasteiger partial charge is 0.488 e. The molecule has 2 heterocycles. The average molecular weight is 452 g/mol. The van der Waals surface area contributed by atoms with Gasteiger partial charge in [0.05, 0.1) is 5.56 Å². The molecule has 1 aromatic heterocycles. The highest BCUT2D eigenvalue weighted by Gasteiger charge is 2.34. The zero-order valence-corrected chi connectivity index (χ0v) is 17.2. The first kappa shape index (κ1) is 19.1. The second kappa shape index (κ2) is 8.45. The number of carbonyl (C=O) groups is 1. The fourth-order valence-corrected chi connectivity index (χ4v) is 3.19. The third kappa shape index (κ3) is 4.30. The summed E-state index contributed by atoms with van der Waals surface area (Å²) >= 11 is 3.43. The van der Waals surface area contributed by atoms with Crippen molar-refractivity contribution in [2.45, 2.75) is 19.8 Å². The maximum Gasteiger partial charge on any atom is 0.244 e. The average Bonchev–Trinajstić information content (AvgIpc) is 3.20. The Hall–Kier alpha value is -3.19. The summed E-state index contributed by atoms with van der Waals surface area (Å²) in [4.78, 5) is 16.1. The minimum absolute atomic E-state index is 0.213. The van der Waals surface area contributed by atoms with Crippen LogP contribution in [0.4, 0.5) is 0 Å². The number of amides is 1. The van der Waals surface area contributed by atoms with Crippen LogP contribution in [-0.2, 0) is 16.1 Å². The number of hydrazone groups is 1. The summed E-state index contributed by atoms with van der Waals surface area (Å²) < 4.78 is 13.1. The van der Waals surface area contributed by atoms with E-state index >= 15 is 0 Å². The summed E-state index contributed by atoms with van der Waals surface area (Å²) in [7, 11) is 0. The number of ether oxygens (including phenoxy) is 2. The predicted octanol–water partition coefficient (Wildman–Crippen LogP) is 4.66. The zero-order valence-electron chi connectivity index (χ0n) is 15.7. The minimum Gasteiger partial charge on any atom is -0.488 e. The first-order valence-electron chi connectivity index (χ1n) is 9.03. The van der Waals surface area contributed by atoms with Gasteiger partial charge in [-0.3, -0.25) is 9.78 Å². The smallest absolute Gasteiger partial charge is 0.244 e. The first-order valence-corrected chi connectivity index (χ1v) is 9.83. The number of rotatable bonds is 5. The van der Waals surface area contributed by atoms with Crippen molar-refractivity contribution in [1.29, 1.82) is 0 Å². The molecule has 0 saturated carbocycles. The van der Waals surface area contributed by atoms with E-state index in [1.165, 1.54) is 11.9 Å². The predicted molar refractivity (Wildman–Crippen MR) is 112 cm³/mol. The van der Waals surface area contributed by atoms with Crippen molar-refractivity contribution in [2.24, 2.45) is 5.10 Å². The quantitative estimate of drug-likeness (QED) is 0.565. The lowest BCUT2D eigenvalue weighted by atomic mass is 10.2. The van der Waals surface area contributed by atoms with E-state index < -0.39 is 6.23 Å². The SMILES string of the molecule is CC(=O)N1N=C(c2ccccc2OCc2ccc(Br)cc2)O[C@@H]1c1ccncc1. The maximum atomic E-state index is 12.1. The molecule has 0 N–H and O–H groups in total. The Labute approximate surface area is 176 Å². The van der Waals surface area contributed by atoms with Crippen molar-refractivity contribution in [3.05, 3.63) is 94.2 Å². The molecule has 146 valence electrons. The lowest BCUT2D eigenvalue weighted by Gasteiger charge is -2.19. The number of hydrogen-bond acceptors (Lipinski definition) is 5. The molecule has 3 aromatic rings. The van der Waals surface area contributed by atoms with Gasteiger partial charge < -0.3 is 9.47 Å². The molecule has 0 unspecified atom stereocenters. The van der Waals surface area contributed by atoms with Gasteiger partial charge in [-0.25, -0.2) is 0 Å². The van der Waals surface area contributed by atoms with Gasteiger partial charge in [0, 0.05) is 29.4 Å². The highest BCUT2D eigenvalue weighted by Crippen LogP contribution is 2.32. The molecule has 4 rings (SSSR count). The number of benzene rings is 2. The molecular formula is C22H18BrN3O3. The first-order chi connectivity index (χ1) is 14.1. The van der Waals surface area contributed by atoms with Crippen molar-refractivity contribution < 1.29 is 14.3 Å². The summed E-state index contributed by atoms with van der Waals surface area (Å²) in [6, 6.07) is 19.0. The van der Waals surface area contributed by atoms with Crippen LogP contribution in [0.1, 0.15) is 29.8 Å². The van der Waals surface area contributed by atoms with Crippen LogP contribution >= 0.6 is 15.9 Å². The molecule has 0 aliphatic carbocycles. The van der Waals surface area contributed by atoms with Crippen LogP contribution in [-0.4, -0.2) is 21.8 Å². The van der Waals surface area contributed by atoms with Crippen molar-refractivity contribution in [3.63, 3.8) is 0 Å². The Bertz CT molecular complexity index is 1040. The van der Waals surface area contributed by atoms with Gasteiger partial charge >= 0.3 is 0 Å². The second-order valence-electron chi connectivity index (χ2n) is 6.43. The van der Waals surface area contributed by atoms with Crippen molar-refractivity contribution in [2.75, 3.05) is 0 Å². The molecule has 1 aliphatic rings. The Morgan fingerprint density at radius 2 is 1.83 bits per heavy atom. The summed E-state index contributed by atoms with van der Waals surface area (Å²) in [6.45, 7) is 1.86. The monoisotopic (exact) mass is 451 g/mol. The number of pyridine rings is 1. The van der Waals surface area contributed by atoms with Gasteiger partial charge in [-0.1, -0.05) is 40.2 Å². The molecule has 0 spiro atoms. The molecule has 29 heavy (non-hydrogen) atoms. The van der Waals surface area contributed by atoms with Crippen molar-refractivity contribution >= 4 is 27.7 Å². The van der Waals surface area contributed by atoms with E-state index in [0.29, 0.717) is 23.8 Å². The topological polar surface area (TPSA) is 64.0 Å². The lowest BCUT2D eigenvalue weighted by molar-refractivity contribution is -0.135. The molecule has 1 amide bonds. The molecule has 2 aromatic carbocycles. The highest BCUT2D eigenvalue weighted by molar-refractivity contribution is 9.10. The van der Waals surface area contributed by atoms with Crippen molar-refractivity contribution in [3.8, 4) is 5.75 Å². The van der Waals surface area contributed by atoms with Crippen LogP contribution in [0.15, 0.2) is 82.6 Å². The van der Waals surface area contributed by atoms with E-state index in [4.69, 9.17) is 9.47 Å². The molecule has 1 atom stereocenters. The lowest BCUT2D eigenvalue weighted by Crippen LogP contribution is -2.25. The van der Waals surface area contributed by atoms with Crippen LogP contribution in [0, 0.1) is 0 Å². The van der Waals surface area contributed by atoms with E-state index in [1.807, 2.05) is 48.5 Å². The number of halogens is 1. The maximum absolute atomic E-state index is 12.1. The summed E-state index contributed by atoms with van der Waals surface area (Å²) in [6.07, 6.45) is 2.68. The van der Waals surface area contributed by atoms with E-state index in [1.54, 1.807) is 24.5 Å². The van der Waals surface area contributed by atoms with E-state index in [9.17, 15) is 4.79 Å². The Balaban J connectivity index is 1.59. The molecule has 1 aliphatic heterocycles. The fraction of sp³-hybridized carbons (Fsp3) is 0.136. The molecule has 0 saturated heterocycles. The number of nitrogens with zero attached hydrogens (tertiary/aromatic N) is 3. The van der Waals surface area contributed by atoms with Crippen LogP contribution in [0.2, 0.25) is 0 Å². The Morgan fingerprint density at radius 3 is 2.55 bits per heavy atom. The number of carbonyl (C=O) groups excluding carboxylic acids is 1. The summed E-state index contributed by atoms with van der Waals surface area (Å²) in [5.74, 6) is 0.761. The van der Waals surface area contributed by atoms with Crippen LogP contribution in [0.25, 0.3) is 0 Å². The number of hydrogen-bond donors (Lipinski definition) is 0. The zero-order chi connectivity index (χ0) is 20.2. The molecular weight excluding hydrogens is 434 g/mol. The molecule has 0 bridgehead atoms. The van der Waals surface area contributed by atoms with Gasteiger partial charge in [0.15, 0.2) is 0 Å². The van der Waals surface area contributed by atoms with Gasteiger partial charge in [0.25, 0.3) is 0 Å². The van der Waals surface area contributed by atoms with Gasteiger partial charge in [-0.05, 0) is 42.0 Å². The van der Waals surface area contributed by atoms with Crippen LogP contribution < -0.4 is 4.74 Å². The van der Waals surface area contributed by atoms with Gasteiger partial charge in [-0.2, -0.15) is 5.01 Å². The summed E-state index contributed by atoms with van der Waals surface area (Å²) in [5.41, 5.74) is 2.52. The standard InChI is InChI=1S/C22H18BrN3O3/c1-15(27)26-22(17-10-12-24-13-11-17)29-21(25-26)19-4-2-3-5-20(19)28-14-16-6-8-18(23)9-7-16/h2-13,22H,14H2,1H3/t22-/m1/s1. The van der Waals surface area contributed by atoms with E-state index in [2.05, 4.69) is 26.0 Å². The van der Waals surface area contributed by atoms with Gasteiger partial charge in [0.2, 0.25) is 18.0 Å². The van der Waals surface area contributed by atoms with Gasteiger partial charge in [0.1, 0.15) is 12.4 Å². The summed E-state index contributed by atoms with van der Waals surface area (Å²) in [5, 5.41) is 5.74. The minimum atomic E-state index is -0.634. The Kier molecular flexibility index (Phi) is 5.57. The number of aromatic nitrogens is 1. The molecule has 0 radical (unpaired) electrons. The third-order valence-electron chi connectivity index (χ3n) is 4.38. The van der Waals surface area contributed by atoms with Crippen molar-refractivity contribution in [1.82, 2.24) is 9.99 Å². The van der Waals surface area contributed by atoms with Crippen LogP contribution in [0.3, 0.4) is 0 Å². The number of para-hydroxylation sites is 1. The third-order valence-corrected chi connectivity index (χ3v) is 4.91. The normalized spacial score (nSPS) is 15.6. The fourth-order valence-electron chi connectivity index (χ4n) is 2.93. The van der Waals surface area contributed by atoms with Crippen LogP contribution in [0.5, 0.6) is 5.75 Å². The molecule has 7 heteroatoms. The Morgan fingerprint density at radius 1 is 1.10 bits per heavy atom. The van der Waals surface area contributed by atoms with Gasteiger partial charge in [-0.15, -0.1) is 5.10 Å². The van der Waals surface area contributed by atoms with E-state index in [0.717, 1.165) is 15.6 Å². The molecule has 6 nitrogen and oxygen atoms in total. The second-order valence-corrected chi connectivity index (χ2v) is 7.35. The molecule has 0 fully saturated rings.